The molecule has 4 rings (SSSR count). The van der Waals surface area contributed by atoms with Crippen LogP contribution in [0, 0.1) is 5.82 Å². The van der Waals surface area contributed by atoms with Crippen LogP contribution in [0.3, 0.4) is 0 Å². The molecule has 0 aliphatic heterocycles. The number of aliphatic hydroxyl groups excluding tert-OH is 3. The van der Waals surface area contributed by atoms with Crippen molar-refractivity contribution in [2.75, 3.05) is 6.54 Å². The Hall–Kier alpha value is -3.13. The Labute approximate surface area is 204 Å². The van der Waals surface area contributed by atoms with Crippen molar-refractivity contribution in [3.05, 3.63) is 71.7 Å². The summed E-state index contributed by atoms with van der Waals surface area (Å²) in [5.41, 5.74) is 4.48. The molecule has 1 heterocycles. The van der Waals surface area contributed by atoms with Crippen molar-refractivity contribution < 1.29 is 24.5 Å². The van der Waals surface area contributed by atoms with Crippen molar-refractivity contribution in [3.63, 3.8) is 0 Å². The van der Waals surface area contributed by atoms with Crippen molar-refractivity contribution in [1.82, 2.24) is 10.3 Å². The van der Waals surface area contributed by atoms with Gasteiger partial charge in [-0.1, -0.05) is 42.5 Å². The number of aromatic nitrogens is 1. The van der Waals surface area contributed by atoms with Crippen LogP contribution in [0.1, 0.15) is 49.8 Å². The lowest BCUT2D eigenvalue weighted by molar-refractivity contribution is -0.123. The molecule has 4 N–H and O–H groups in total. The molecule has 3 atom stereocenters. The zero-order valence-electron chi connectivity index (χ0n) is 19.7. The third-order valence-electron chi connectivity index (χ3n) is 6.07. The molecule has 1 amide bonds. The molecule has 35 heavy (non-hydrogen) atoms. The van der Waals surface area contributed by atoms with Gasteiger partial charge in [0, 0.05) is 35.4 Å². The Bertz CT molecular complexity index is 1210. The summed E-state index contributed by atoms with van der Waals surface area (Å²) in [7, 11) is 0. The number of benzene rings is 2. The Kier molecular flexibility index (Phi) is 7.90. The van der Waals surface area contributed by atoms with Gasteiger partial charge in [0.25, 0.3) is 0 Å². The molecule has 7 heteroatoms. The molecule has 1 saturated carbocycles. The molecule has 1 fully saturated rings. The summed E-state index contributed by atoms with van der Waals surface area (Å²) >= 11 is 0. The average molecular weight is 479 g/mol. The third-order valence-corrected chi connectivity index (χ3v) is 6.07. The van der Waals surface area contributed by atoms with Gasteiger partial charge in [-0.2, -0.15) is 0 Å². The molecular weight excluding hydrogens is 447 g/mol. The highest BCUT2D eigenvalue weighted by atomic mass is 19.1. The van der Waals surface area contributed by atoms with E-state index in [2.05, 4.69) is 5.32 Å². The number of carbonyl (C=O) groups is 1. The number of fused-ring (bicyclic) bond motifs is 1. The second-order valence-electron chi connectivity index (χ2n) is 9.26. The number of rotatable bonds is 10. The maximum Gasteiger partial charge on any atom is 0.222 e. The van der Waals surface area contributed by atoms with Crippen molar-refractivity contribution >= 4 is 22.9 Å². The molecule has 0 radical (unpaired) electrons. The summed E-state index contributed by atoms with van der Waals surface area (Å²) < 4.78 is 13.7. The van der Waals surface area contributed by atoms with Crippen LogP contribution in [0.4, 0.5) is 4.39 Å². The number of pyridine rings is 1. The van der Waals surface area contributed by atoms with Gasteiger partial charge in [-0.25, -0.2) is 4.39 Å². The van der Waals surface area contributed by atoms with E-state index < -0.39 is 18.3 Å². The normalized spacial score (nSPS) is 16.4. The topological polar surface area (TPSA) is 103 Å². The van der Waals surface area contributed by atoms with E-state index in [4.69, 9.17) is 4.98 Å². The number of halogens is 1. The number of para-hydroxylation sites is 1. The zero-order valence-corrected chi connectivity index (χ0v) is 19.7. The number of carbonyl (C=O) groups excluding carboxylic acids is 1. The van der Waals surface area contributed by atoms with E-state index in [9.17, 15) is 24.5 Å². The number of amides is 1. The quantitative estimate of drug-likeness (QED) is 0.354. The van der Waals surface area contributed by atoms with E-state index in [0.717, 1.165) is 46.1 Å². The first-order valence-corrected chi connectivity index (χ1v) is 12.0. The lowest BCUT2D eigenvalue weighted by Gasteiger charge is -2.17. The van der Waals surface area contributed by atoms with Crippen LogP contribution in [0.5, 0.6) is 0 Å². The first-order chi connectivity index (χ1) is 16.8. The van der Waals surface area contributed by atoms with E-state index in [-0.39, 0.29) is 31.1 Å². The van der Waals surface area contributed by atoms with E-state index in [0.29, 0.717) is 5.92 Å². The van der Waals surface area contributed by atoms with Gasteiger partial charge in [-0.05, 0) is 43.5 Å². The zero-order chi connectivity index (χ0) is 24.9. The van der Waals surface area contributed by atoms with Crippen LogP contribution in [0.2, 0.25) is 0 Å². The third kappa shape index (κ3) is 6.51. The summed E-state index contributed by atoms with van der Waals surface area (Å²) in [5.74, 6) is -0.366. The second-order valence-corrected chi connectivity index (χ2v) is 9.26. The van der Waals surface area contributed by atoms with Crippen LogP contribution < -0.4 is 5.32 Å². The molecular formula is C28H31FN2O4. The van der Waals surface area contributed by atoms with Crippen molar-refractivity contribution in [1.29, 1.82) is 0 Å². The predicted molar refractivity (Wildman–Crippen MR) is 134 cm³/mol. The fourth-order valence-electron chi connectivity index (χ4n) is 4.21. The Balaban J connectivity index is 1.62. The van der Waals surface area contributed by atoms with Crippen LogP contribution >= 0.6 is 0 Å². The molecule has 0 spiro atoms. The Morgan fingerprint density at radius 3 is 2.54 bits per heavy atom. The lowest BCUT2D eigenvalue weighted by atomic mass is 9.92. The minimum absolute atomic E-state index is 0.00967. The fourth-order valence-corrected chi connectivity index (χ4v) is 4.21. The standard InChI is InChI=1S/C28H31FN2O4/c1-17(32)16-30-26(35)15-22(34)14-21(33)12-13-24-27(18-8-10-20(29)11-9-18)23-4-2-3-5-25(23)31-28(24)19-6-7-19/h2-5,8-13,17,19,21-22,32-34H,6-7,14-16H2,1H3,(H,30,35)/b13-12+/t17-,21+,22+/m0/s1. The van der Waals surface area contributed by atoms with Crippen molar-refractivity contribution in [2.24, 2.45) is 0 Å². The van der Waals surface area contributed by atoms with Gasteiger partial charge in [0.2, 0.25) is 5.91 Å². The van der Waals surface area contributed by atoms with Gasteiger partial charge in [-0.15, -0.1) is 0 Å². The minimum atomic E-state index is -1.03. The van der Waals surface area contributed by atoms with E-state index >= 15 is 0 Å². The molecule has 0 unspecified atom stereocenters. The largest absolute Gasteiger partial charge is 0.392 e. The maximum absolute atomic E-state index is 13.7. The van der Waals surface area contributed by atoms with Gasteiger partial charge in [0.05, 0.1) is 35.9 Å². The molecule has 1 aromatic heterocycles. The van der Waals surface area contributed by atoms with Gasteiger partial charge in [0.1, 0.15) is 5.82 Å². The van der Waals surface area contributed by atoms with Crippen LogP contribution in [0.15, 0.2) is 54.6 Å². The first kappa shape index (κ1) is 25.0. The number of nitrogens with one attached hydrogen (secondary N) is 1. The number of aliphatic hydroxyl groups is 3. The van der Waals surface area contributed by atoms with E-state index in [1.165, 1.54) is 12.1 Å². The van der Waals surface area contributed by atoms with Crippen molar-refractivity contribution in [3.8, 4) is 11.1 Å². The number of hydrogen-bond acceptors (Lipinski definition) is 5. The highest BCUT2D eigenvalue weighted by Crippen LogP contribution is 2.45. The molecule has 0 saturated heterocycles. The maximum atomic E-state index is 13.7. The monoisotopic (exact) mass is 478 g/mol. The fraction of sp³-hybridized carbons (Fsp3) is 0.357. The molecule has 1 aliphatic rings. The van der Waals surface area contributed by atoms with Crippen LogP contribution in [-0.2, 0) is 4.79 Å². The first-order valence-electron chi connectivity index (χ1n) is 12.0. The highest BCUT2D eigenvalue weighted by Gasteiger charge is 2.29. The lowest BCUT2D eigenvalue weighted by Crippen LogP contribution is -2.33. The SMILES string of the molecule is C[C@H](O)CNC(=O)C[C@H](O)C[C@H](O)/C=C/c1c(C2CC2)nc2ccccc2c1-c1ccc(F)cc1. The smallest absolute Gasteiger partial charge is 0.222 e. The molecule has 6 nitrogen and oxygen atoms in total. The van der Waals surface area contributed by atoms with Crippen molar-refractivity contribution in [2.45, 2.75) is 56.8 Å². The summed E-state index contributed by atoms with van der Waals surface area (Å²) in [5, 5.41) is 33.6. The molecule has 0 bridgehead atoms. The van der Waals surface area contributed by atoms with Gasteiger partial charge < -0.3 is 20.6 Å². The highest BCUT2D eigenvalue weighted by molar-refractivity contribution is 5.99. The van der Waals surface area contributed by atoms with Gasteiger partial charge >= 0.3 is 0 Å². The summed E-state index contributed by atoms with van der Waals surface area (Å²) in [6.07, 6.45) is 2.67. The number of nitrogens with zero attached hydrogens (tertiary/aromatic N) is 1. The summed E-state index contributed by atoms with van der Waals surface area (Å²) in [4.78, 5) is 16.8. The average Bonchev–Trinajstić information content (AvgIpc) is 3.66. The van der Waals surface area contributed by atoms with Crippen LogP contribution in [0.25, 0.3) is 28.1 Å². The Morgan fingerprint density at radius 1 is 1.14 bits per heavy atom. The minimum Gasteiger partial charge on any atom is -0.392 e. The van der Waals surface area contributed by atoms with E-state index in [1.54, 1.807) is 25.1 Å². The van der Waals surface area contributed by atoms with Gasteiger partial charge in [-0.3, -0.25) is 9.78 Å². The second kappa shape index (κ2) is 11.1. The Morgan fingerprint density at radius 2 is 1.86 bits per heavy atom. The van der Waals surface area contributed by atoms with Gasteiger partial charge in [0.15, 0.2) is 0 Å². The van der Waals surface area contributed by atoms with Crippen LogP contribution in [-0.4, -0.2) is 51.1 Å². The molecule has 1 aliphatic carbocycles. The molecule has 3 aromatic rings. The van der Waals surface area contributed by atoms with E-state index in [1.807, 2.05) is 30.3 Å². The number of hydrogen-bond donors (Lipinski definition) is 4. The summed E-state index contributed by atoms with van der Waals surface area (Å²) in [6.45, 7) is 1.67. The molecule has 184 valence electrons. The predicted octanol–water partition coefficient (Wildman–Crippen LogP) is 3.93. The molecule has 2 aromatic carbocycles. The summed E-state index contributed by atoms with van der Waals surface area (Å²) in [6, 6.07) is 14.2.